The van der Waals surface area contributed by atoms with Crippen LogP contribution in [0.2, 0.25) is 10.0 Å². The van der Waals surface area contributed by atoms with Crippen molar-refractivity contribution in [2.75, 3.05) is 14.2 Å². The van der Waals surface area contributed by atoms with Gasteiger partial charge in [0.2, 0.25) is 0 Å². The Hall–Kier alpha value is -1.91. The molecule has 0 spiro atoms. The summed E-state index contributed by atoms with van der Waals surface area (Å²) in [6, 6.07) is 12.4. The van der Waals surface area contributed by atoms with E-state index < -0.39 is 6.10 Å². The van der Waals surface area contributed by atoms with Gasteiger partial charge in [0.25, 0.3) is 5.91 Å². The molecule has 2 aromatic carbocycles. The number of halogens is 2. The first kappa shape index (κ1) is 18.4. The molecule has 2 rings (SSSR count). The van der Waals surface area contributed by atoms with Gasteiger partial charge in [0.05, 0.1) is 17.2 Å². The van der Waals surface area contributed by atoms with Crippen molar-refractivity contribution in [3.8, 4) is 11.5 Å². The van der Waals surface area contributed by atoms with E-state index in [0.717, 1.165) is 11.3 Å². The first-order valence-corrected chi connectivity index (χ1v) is 8.16. The first-order valence-electron chi connectivity index (χ1n) is 7.41. The minimum absolute atomic E-state index is 0.151. The third-order valence-electron chi connectivity index (χ3n) is 3.54. The van der Waals surface area contributed by atoms with Crippen molar-refractivity contribution in [3.05, 3.63) is 58.1 Å². The minimum atomic E-state index is -0.624. The molecule has 2 aromatic rings. The Kier molecular flexibility index (Phi) is 6.35. The predicted octanol–water partition coefficient (Wildman–Crippen LogP) is 4.43. The molecular weight excluding hydrogens is 349 g/mol. The molecule has 0 heterocycles. The van der Waals surface area contributed by atoms with Gasteiger partial charge < -0.3 is 14.4 Å². The van der Waals surface area contributed by atoms with Gasteiger partial charge in [0, 0.05) is 13.6 Å². The SMILES string of the molecule is COc1ccc(OC(C)C(=O)N(C)Cc2cccc(Cl)c2Cl)cc1. The summed E-state index contributed by atoms with van der Waals surface area (Å²) in [4.78, 5) is 14.0. The van der Waals surface area contributed by atoms with Gasteiger partial charge in [-0.1, -0.05) is 35.3 Å². The number of likely N-dealkylation sites (N-methyl/N-ethyl adjacent to an activating group) is 1. The molecule has 4 nitrogen and oxygen atoms in total. The largest absolute Gasteiger partial charge is 0.497 e. The van der Waals surface area contributed by atoms with Crippen molar-refractivity contribution in [3.63, 3.8) is 0 Å². The fraction of sp³-hybridized carbons (Fsp3) is 0.278. The van der Waals surface area contributed by atoms with Crippen LogP contribution in [0.25, 0.3) is 0 Å². The zero-order chi connectivity index (χ0) is 17.7. The van der Waals surface area contributed by atoms with Crippen LogP contribution in [0.1, 0.15) is 12.5 Å². The zero-order valence-corrected chi connectivity index (χ0v) is 15.3. The molecule has 1 unspecified atom stereocenters. The Morgan fingerprint density at radius 1 is 1.12 bits per heavy atom. The van der Waals surface area contributed by atoms with E-state index in [0.29, 0.717) is 22.3 Å². The number of ether oxygens (including phenoxy) is 2. The van der Waals surface area contributed by atoms with E-state index in [1.54, 1.807) is 62.4 Å². The normalized spacial score (nSPS) is 11.7. The van der Waals surface area contributed by atoms with E-state index in [9.17, 15) is 4.79 Å². The minimum Gasteiger partial charge on any atom is -0.497 e. The Bertz CT molecular complexity index is 704. The second-order valence-corrected chi connectivity index (χ2v) is 6.13. The number of amides is 1. The molecule has 24 heavy (non-hydrogen) atoms. The summed E-state index contributed by atoms with van der Waals surface area (Å²) in [7, 11) is 3.30. The number of benzene rings is 2. The predicted molar refractivity (Wildman–Crippen MR) is 96.0 cm³/mol. The molecule has 6 heteroatoms. The van der Waals surface area contributed by atoms with Crippen molar-refractivity contribution in [2.45, 2.75) is 19.6 Å². The van der Waals surface area contributed by atoms with Gasteiger partial charge in [-0.15, -0.1) is 0 Å². The second kappa shape index (κ2) is 8.27. The number of nitrogens with zero attached hydrogens (tertiary/aromatic N) is 1. The lowest BCUT2D eigenvalue weighted by Crippen LogP contribution is -2.37. The van der Waals surface area contributed by atoms with Crippen LogP contribution < -0.4 is 9.47 Å². The fourth-order valence-electron chi connectivity index (χ4n) is 2.22. The monoisotopic (exact) mass is 367 g/mol. The highest BCUT2D eigenvalue weighted by Crippen LogP contribution is 2.26. The number of carbonyl (C=O) groups excluding carboxylic acids is 1. The summed E-state index contributed by atoms with van der Waals surface area (Å²) < 4.78 is 10.8. The average Bonchev–Trinajstić information content (AvgIpc) is 2.58. The summed E-state index contributed by atoms with van der Waals surface area (Å²) in [5, 5.41) is 0.931. The van der Waals surface area contributed by atoms with Crippen molar-refractivity contribution in [2.24, 2.45) is 0 Å². The molecule has 0 N–H and O–H groups in total. The third kappa shape index (κ3) is 4.56. The van der Waals surface area contributed by atoms with Gasteiger partial charge >= 0.3 is 0 Å². The van der Waals surface area contributed by atoms with Gasteiger partial charge in [-0.25, -0.2) is 0 Å². The van der Waals surface area contributed by atoms with Crippen LogP contribution in [0.3, 0.4) is 0 Å². The maximum Gasteiger partial charge on any atom is 0.263 e. The quantitative estimate of drug-likeness (QED) is 0.757. The average molecular weight is 368 g/mol. The molecule has 0 saturated carbocycles. The van der Waals surface area contributed by atoms with Crippen LogP contribution in [0, 0.1) is 0 Å². The molecule has 1 amide bonds. The summed E-state index contributed by atoms with van der Waals surface area (Å²) in [5.74, 6) is 1.18. The van der Waals surface area contributed by atoms with Crippen LogP contribution in [-0.2, 0) is 11.3 Å². The van der Waals surface area contributed by atoms with Gasteiger partial charge in [-0.2, -0.15) is 0 Å². The van der Waals surface area contributed by atoms with E-state index >= 15 is 0 Å². The lowest BCUT2D eigenvalue weighted by molar-refractivity contribution is -0.137. The van der Waals surface area contributed by atoms with Crippen LogP contribution in [0.5, 0.6) is 11.5 Å². The molecule has 0 aromatic heterocycles. The van der Waals surface area contributed by atoms with E-state index in [4.69, 9.17) is 32.7 Å². The highest BCUT2D eigenvalue weighted by molar-refractivity contribution is 6.42. The van der Waals surface area contributed by atoms with Gasteiger partial charge in [-0.05, 0) is 42.8 Å². The Labute approximate surface area is 151 Å². The molecule has 0 bridgehead atoms. The van der Waals surface area contributed by atoms with Crippen LogP contribution >= 0.6 is 23.2 Å². The van der Waals surface area contributed by atoms with Gasteiger partial charge in [0.1, 0.15) is 11.5 Å². The van der Waals surface area contributed by atoms with Crippen LogP contribution in [-0.4, -0.2) is 31.1 Å². The van der Waals surface area contributed by atoms with Crippen LogP contribution in [0.15, 0.2) is 42.5 Å². The molecule has 128 valence electrons. The number of rotatable bonds is 6. The zero-order valence-electron chi connectivity index (χ0n) is 13.8. The van der Waals surface area contributed by atoms with Crippen LogP contribution in [0.4, 0.5) is 0 Å². The van der Waals surface area contributed by atoms with E-state index in [1.807, 2.05) is 6.07 Å². The molecule has 1 atom stereocenters. The molecule has 0 saturated heterocycles. The summed E-state index contributed by atoms with van der Waals surface area (Å²) in [5.41, 5.74) is 0.789. The van der Waals surface area contributed by atoms with Gasteiger partial charge in [0.15, 0.2) is 6.10 Å². The van der Waals surface area contributed by atoms with Crippen molar-refractivity contribution in [1.29, 1.82) is 0 Å². The molecule has 0 aliphatic rings. The number of hydrogen-bond donors (Lipinski definition) is 0. The second-order valence-electron chi connectivity index (χ2n) is 5.34. The first-order chi connectivity index (χ1) is 11.4. The molecule has 0 radical (unpaired) electrons. The number of carbonyl (C=O) groups is 1. The van der Waals surface area contributed by atoms with Gasteiger partial charge in [-0.3, -0.25) is 4.79 Å². The fourth-order valence-corrected chi connectivity index (χ4v) is 2.60. The summed E-state index contributed by atoms with van der Waals surface area (Å²) >= 11 is 12.2. The standard InChI is InChI=1S/C18H19Cl2NO3/c1-12(24-15-9-7-14(23-3)8-10-15)18(22)21(2)11-13-5-4-6-16(19)17(13)20/h4-10,12H,11H2,1-3H3. The topological polar surface area (TPSA) is 38.8 Å². The molecule has 0 aliphatic carbocycles. The maximum atomic E-state index is 12.5. The number of methoxy groups -OCH3 is 1. The summed E-state index contributed by atoms with van der Waals surface area (Å²) in [6.45, 7) is 2.07. The Morgan fingerprint density at radius 3 is 2.38 bits per heavy atom. The van der Waals surface area contributed by atoms with E-state index in [-0.39, 0.29) is 5.91 Å². The van der Waals surface area contributed by atoms with Crippen molar-refractivity contribution in [1.82, 2.24) is 4.90 Å². The number of hydrogen-bond acceptors (Lipinski definition) is 3. The Balaban J connectivity index is 1.99. The molecular formula is C18H19Cl2NO3. The molecule has 0 fully saturated rings. The molecule has 0 aliphatic heterocycles. The lowest BCUT2D eigenvalue weighted by Gasteiger charge is -2.23. The highest BCUT2D eigenvalue weighted by Gasteiger charge is 2.20. The smallest absolute Gasteiger partial charge is 0.263 e. The van der Waals surface area contributed by atoms with E-state index in [1.165, 1.54) is 0 Å². The maximum absolute atomic E-state index is 12.5. The van der Waals surface area contributed by atoms with Crippen molar-refractivity contribution < 1.29 is 14.3 Å². The summed E-state index contributed by atoms with van der Waals surface area (Å²) in [6.07, 6.45) is -0.624. The highest BCUT2D eigenvalue weighted by atomic mass is 35.5. The van der Waals surface area contributed by atoms with Crippen molar-refractivity contribution >= 4 is 29.1 Å². The third-order valence-corrected chi connectivity index (χ3v) is 4.39. The van der Waals surface area contributed by atoms with E-state index in [2.05, 4.69) is 0 Å². The Morgan fingerprint density at radius 2 is 1.75 bits per heavy atom. The lowest BCUT2D eigenvalue weighted by atomic mass is 10.2.